The Labute approximate surface area is 210 Å². The van der Waals surface area contributed by atoms with Crippen LogP contribution in [0.5, 0.6) is 0 Å². The van der Waals surface area contributed by atoms with E-state index < -0.39 is 0 Å². The SMILES string of the molecule is Cc1ccc2c(c1)C(C)(C)c1ccccc1C1(C)c3ccccc3C3(C)c4ccccc4C2(C)C13. The Hall–Kier alpha value is -3.12. The van der Waals surface area contributed by atoms with Crippen LogP contribution in [0.15, 0.2) is 91.0 Å². The van der Waals surface area contributed by atoms with Gasteiger partial charge >= 0.3 is 0 Å². The highest BCUT2D eigenvalue weighted by Crippen LogP contribution is 2.73. The minimum absolute atomic E-state index is 0.0621. The van der Waals surface area contributed by atoms with Crippen LogP contribution in [0.2, 0.25) is 0 Å². The molecule has 0 nitrogen and oxygen atoms in total. The van der Waals surface area contributed by atoms with E-state index in [2.05, 4.69) is 133 Å². The first-order chi connectivity index (χ1) is 16.7. The van der Waals surface area contributed by atoms with Gasteiger partial charge in [-0.25, -0.2) is 0 Å². The lowest BCUT2D eigenvalue weighted by atomic mass is 9.51. The van der Waals surface area contributed by atoms with Crippen LogP contribution >= 0.6 is 0 Å². The maximum atomic E-state index is 2.56. The maximum Gasteiger partial charge on any atom is 0.0232 e. The van der Waals surface area contributed by atoms with Gasteiger partial charge in [0.05, 0.1) is 0 Å². The molecule has 7 rings (SSSR count). The van der Waals surface area contributed by atoms with Gasteiger partial charge in [-0.3, -0.25) is 0 Å². The molecule has 35 heavy (non-hydrogen) atoms. The summed E-state index contributed by atoms with van der Waals surface area (Å²) >= 11 is 0. The first-order valence-corrected chi connectivity index (χ1v) is 13.1. The predicted octanol–water partition coefficient (Wildman–Crippen LogP) is 8.20. The third kappa shape index (κ3) is 2.17. The van der Waals surface area contributed by atoms with E-state index in [4.69, 9.17) is 0 Å². The van der Waals surface area contributed by atoms with Gasteiger partial charge in [-0.05, 0) is 57.3 Å². The second-order valence-corrected chi connectivity index (χ2v) is 12.4. The number of benzene rings is 4. The molecule has 0 spiro atoms. The fourth-order valence-electron chi connectivity index (χ4n) is 9.13. The number of hydrogen-bond acceptors (Lipinski definition) is 0. The Bertz CT molecular complexity index is 1540. The minimum atomic E-state index is -0.118. The van der Waals surface area contributed by atoms with E-state index in [1.807, 2.05) is 0 Å². The van der Waals surface area contributed by atoms with Gasteiger partial charge in [-0.15, -0.1) is 0 Å². The van der Waals surface area contributed by atoms with Gasteiger partial charge in [-0.1, -0.05) is 131 Å². The molecule has 0 bridgehead atoms. The molecular formula is C35H34. The molecule has 0 saturated heterocycles. The Balaban J connectivity index is 1.76. The van der Waals surface area contributed by atoms with E-state index in [-0.39, 0.29) is 21.7 Å². The molecule has 174 valence electrons. The van der Waals surface area contributed by atoms with Gasteiger partial charge in [0.2, 0.25) is 0 Å². The molecule has 3 aliphatic carbocycles. The van der Waals surface area contributed by atoms with Crippen molar-refractivity contribution >= 4 is 0 Å². The molecule has 3 aliphatic rings. The molecule has 0 aliphatic heterocycles. The van der Waals surface area contributed by atoms with Crippen LogP contribution in [0.4, 0.5) is 0 Å². The second kappa shape index (κ2) is 6.35. The number of hydrogen-bond donors (Lipinski definition) is 0. The molecule has 4 unspecified atom stereocenters. The average molecular weight is 455 g/mol. The number of rotatable bonds is 0. The van der Waals surface area contributed by atoms with E-state index in [0.717, 1.165) is 0 Å². The standard InChI is InChI=1S/C35H34/c1-22-19-20-29-30(21-22)32(2,3)23-13-7-8-14-24(23)33(4)25-15-9-10-16-26(25)34(5)27-17-11-12-18-28(27)35(29,6)31(33)34/h7-21,31H,1-6H3. The van der Waals surface area contributed by atoms with Gasteiger partial charge in [0, 0.05) is 21.7 Å². The Morgan fingerprint density at radius 3 is 1.20 bits per heavy atom. The molecule has 4 aromatic rings. The molecule has 4 atom stereocenters. The van der Waals surface area contributed by atoms with E-state index in [1.165, 1.54) is 50.1 Å². The van der Waals surface area contributed by atoms with Crippen molar-refractivity contribution in [1.29, 1.82) is 0 Å². The van der Waals surface area contributed by atoms with Crippen molar-refractivity contribution < 1.29 is 0 Å². The fourth-order valence-corrected chi connectivity index (χ4v) is 9.13. The first-order valence-electron chi connectivity index (χ1n) is 13.1. The molecule has 0 heteroatoms. The van der Waals surface area contributed by atoms with Gasteiger partial charge in [0.1, 0.15) is 0 Å². The van der Waals surface area contributed by atoms with E-state index in [9.17, 15) is 0 Å². The molecule has 4 aromatic carbocycles. The highest BCUT2D eigenvalue weighted by Gasteiger charge is 2.69. The number of fused-ring (bicyclic) bond motifs is 10. The highest BCUT2D eigenvalue weighted by molar-refractivity contribution is 5.71. The van der Waals surface area contributed by atoms with E-state index in [1.54, 1.807) is 0 Å². The lowest BCUT2D eigenvalue weighted by Crippen LogP contribution is -2.50. The topological polar surface area (TPSA) is 0 Å². The molecule has 0 heterocycles. The molecule has 0 saturated carbocycles. The lowest BCUT2D eigenvalue weighted by Gasteiger charge is -2.51. The zero-order chi connectivity index (χ0) is 24.4. The third-order valence-electron chi connectivity index (χ3n) is 10.4. The summed E-state index contributed by atoms with van der Waals surface area (Å²) in [6.45, 7) is 14.8. The van der Waals surface area contributed by atoms with Crippen LogP contribution in [0, 0.1) is 12.8 Å². The first kappa shape index (κ1) is 21.2. The van der Waals surface area contributed by atoms with Crippen LogP contribution in [0.3, 0.4) is 0 Å². The van der Waals surface area contributed by atoms with E-state index >= 15 is 0 Å². The Morgan fingerprint density at radius 1 is 0.429 bits per heavy atom. The monoisotopic (exact) mass is 454 g/mol. The van der Waals surface area contributed by atoms with Crippen molar-refractivity contribution in [3.8, 4) is 0 Å². The summed E-state index contributed by atoms with van der Waals surface area (Å²) < 4.78 is 0. The molecule has 0 N–H and O–H groups in total. The summed E-state index contributed by atoms with van der Waals surface area (Å²) in [4.78, 5) is 0. The summed E-state index contributed by atoms with van der Waals surface area (Å²) in [6.07, 6.45) is 0. The summed E-state index contributed by atoms with van der Waals surface area (Å²) in [5.41, 5.74) is 12.9. The van der Waals surface area contributed by atoms with Crippen molar-refractivity contribution in [2.75, 3.05) is 0 Å². The van der Waals surface area contributed by atoms with Crippen LogP contribution in [0.1, 0.15) is 84.7 Å². The smallest absolute Gasteiger partial charge is 0.0232 e. The Morgan fingerprint density at radius 2 is 0.771 bits per heavy atom. The second-order valence-electron chi connectivity index (χ2n) is 12.4. The average Bonchev–Trinajstić information content (AvgIpc) is 3.21. The fraction of sp³-hybridized carbons (Fsp3) is 0.314. The normalized spacial score (nSPS) is 30.9. The minimum Gasteiger partial charge on any atom is -0.0619 e. The van der Waals surface area contributed by atoms with E-state index in [0.29, 0.717) is 5.92 Å². The van der Waals surface area contributed by atoms with Gasteiger partial charge < -0.3 is 0 Å². The third-order valence-corrected chi connectivity index (χ3v) is 10.4. The number of aryl methyl sites for hydroxylation is 1. The molecule has 0 amide bonds. The lowest BCUT2D eigenvalue weighted by molar-refractivity contribution is 0.205. The van der Waals surface area contributed by atoms with Crippen molar-refractivity contribution in [2.24, 2.45) is 5.92 Å². The molecular weight excluding hydrogens is 420 g/mol. The van der Waals surface area contributed by atoms with Crippen LogP contribution in [-0.2, 0) is 21.7 Å². The van der Waals surface area contributed by atoms with Gasteiger partial charge in [0.15, 0.2) is 0 Å². The maximum absolute atomic E-state index is 2.56. The zero-order valence-electron chi connectivity index (χ0n) is 21.7. The molecule has 0 aromatic heterocycles. The van der Waals surface area contributed by atoms with Crippen LogP contribution in [0.25, 0.3) is 0 Å². The zero-order valence-corrected chi connectivity index (χ0v) is 21.7. The molecule has 0 fully saturated rings. The van der Waals surface area contributed by atoms with Crippen LogP contribution in [-0.4, -0.2) is 0 Å². The van der Waals surface area contributed by atoms with Crippen molar-refractivity contribution in [3.05, 3.63) is 141 Å². The van der Waals surface area contributed by atoms with Crippen molar-refractivity contribution in [2.45, 2.75) is 63.2 Å². The van der Waals surface area contributed by atoms with Gasteiger partial charge in [-0.2, -0.15) is 0 Å². The van der Waals surface area contributed by atoms with Crippen molar-refractivity contribution in [1.82, 2.24) is 0 Å². The Kier molecular flexibility index (Phi) is 3.85. The summed E-state index contributed by atoms with van der Waals surface area (Å²) in [6, 6.07) is 35.3. The summed E-state index contributed by atoms with van der Waals surface area (Å²) in [5, 5.41) is 0. The predicted molar refractivity (Wildman–Crippen MR) is 145 cm³/mol. The summed E-state index contributed by atoms with van der Waals surface area (Å²) in [5.74, 6) is 0.371. The van der Waals surface area contributed by atoms with Crippen LogP contribution < -0.4 is 0 Å². The quantitative estimate of drug-likeness (QED) is 0.251. The van der Waals surface area contributed by atoms with Gasteiger partial charge in [0.25, 0.3) is 0 Å². The molecule has 0 radical (unpaired) electrons. The van der Waals surface area contributed by atoms with Crippen molar-refractivity contribution in [3.63, 3.8) is 0 Å². The largest absolute Gasteiger partial charge is 0.0619 e. The summed E-state index contributed by atoms with van der Waals surface area (Å²) in [7, 11) is 0. The highest BCUT2D eigenvalue weighted by atomic mass is 14.7.